The number of Topliss-reactive ketones (excluding diaryl/α,β-unsaturated/α-hetero) is 1. The average molecular weight is 354 g/mol. The fraction of sp³-hybridized carbons (Fsp3) is 0.476. The van der Waals surface area contributed by atoms with Gasteiger partial charge in [-0.1, -0.05) is 49.6 Å². The number of carbonyl (C=O) groups excluding carboxylic acids is 2. The number of imidazole rings is 1. The fourth-order valence-corrected chi connectivity index (χ4v) is 4.02. The molecule has 0 saturated heterocycles. The summed E-state index contributed by atoms with van der Waals surface area (Å²) in [6.45, 7) is 2.05. The molecule has 5 nitrogen and oxygen atoms in total. The van der Waals surface area contributed by atoms with Crippen molar-refractivity contribution in [3.63, 3.8) is 0 Å². The Balaban J connectivity index is 1.84. The Labute approximate surface area is 154 Å². The first-order valence-corrected chi connectivity index (χ1v) is 9.26. The Morgan fingerprint density at radius 2 is 1.88 bits per heavy atom. The number of nitrogens with zero attached hydrogens (tertiary/aromatic N) is 2. The van der Waals surface area contributed by atoms with Gasteiger partial charge < -0.3 is 9.30 Å². The number of hydrogen-bond donors (Lipinski definition) is 0. The molecule has 0 N–H and O–H groups in total. The molecule has 1 saturated carbocycles. The summed E-state index contributed by atoms with van der Waals surface area (Å²) in [5.41, 5.74) is 0.977. The quantitative estimate of drug-likeness (QED) is 0.576. The largest absolute Gasteiger partial charge is 0.469 e. The Morgan fingerprint density at radius 3 is 2.54 bits per heavy atom. The zero-order valence-electron chi connectivity index (χ0n) is 15.5. The van der Waals surface area contributed by atoms with Crippen molar-refractivity contribution >= 4 is 11.8 Å². The van der Waals surface area contributed by atoms with Crippen LogP contribution in [0.4, 0.5) is 0 Å². The molecule has 0 aliphatic heterocycles. The van der Waals surface area contributed by atoms with E-state index in [1.807, 2.05) is 41.8 Å². The lowest BCUT2D eigenvalue weighted by molar-refractivity contribution is -0.154. The maximum atomic E-state index is 13.1. The third kappa shape index (κ3) is 3.57. The summed E-state index contributed by atoms with van der Waals surface area (Å²) < 4.78 is 6.94. The van der Waals surface area contributed by atoms with Crippen molar-refractivity contribution in [1.29, 1.82) is 0 Å². The Kier molecular flexibility index (Phi) is 5.55. The molecule has 0 spiro atoms. The maximum Gasteiger partial charge on any atom is 0.312 e. The molecule has 0 unspecified atom stereocenters. The zero-order chi connectivity index (χ0) is 18.6. The van der Waals surface area contributed by atoms with E-state index in [9.17, 15) is 9.59 Å². The van der Waals surface area contributed by atoms with E-state index in [1.165, 1.54) is 7.11 Å². The van der Waals surface area contributed by atoms with Gasteiger partial charge in [-0.25, -0.2) is 4.98 Å². The van der Waals surface area contributed by atoms with E-state index in [0.717, 1.165) is 24.8 Å². The van der Waals surface area contributed by atoms with Gasteiger partial charge in [0, 0.05) is 6.42 Å². The second-order valence-corrected chi connectivity index (χ2v) is 7.21. The number of ether oxygens (including phenoxy) is 1. The second-order valence-electron chi connectivity index (χ2n) is 7.21. The summed E-state index contributed by atoms with van der Waals surface area (Å²) in [7, 11) is 1.41. The standard InChI is InChI=1S/C21H26N2O3/c1-16(17-9-5-3-6-10-17)23-15-22-14-18(23)19(24)13-21(20(25)26-2)11-7-4-8-12-21/h3,5-6,9-10,14-16H,4,7-8,11-13H2,1-2H3/t16-/m1/s1. The van der Waals surface area contributed by atoms with Crippen molar-refractivity contribution in [1.82, 2.24) is 9.55 Å². The summed E-state index contributed by atoms with van der Waals surface area (Å²) in [5, 5.41) is 0. The van der Waals surface area contributed by atoms with E-state index >= 15 is 0 Å². The second kappa shape index (κ2) is 7.85. The normalized spacial score (nSPS) is 17.5. The first-order valence-electron chi connectivity index (χ1n) is 9.26. The number of rotatable bonds is 6. The maximum absolute atomic E-state index is 13.1. The predicted octanol–water partition coefficient (Wildman–Crippen LogP) is 4.19. The van der Waals surface area contributed by atoms with Gasteiger partial charge in [0.25, 0.3) is 0 Å². The van der Waals surface area contributed by atoms with Crippen molar-refractivity contribution in [3.8, 4) is 0 Å². The summed E-state index contributed by atoms with van der Waals surface area (Å²) >= 11 is 0. The molecule has 0 amide bonds. The topological polar surface area (TPSA) is 61.2 Å². The van der Waals surface area contributed by atoms with E-state index in [4.69, 9.17) is 4.74 Å². The van der Waals surface area contributed by atoms with Crippen LogP contribution in [0.25, 0.3) is 0 Å². The average Bonchev–Trinajstić information content (AvgIpc) is 3.18. The summed E-state index contributed by atoms with van der Waals surface area (Å²) in [5.74, 6) is -0.301. The van der Waals surface area contributed by atoms with Crippen LogP contribution in [0.2, 0.25) is 0 Å². The number of aromatic nitrogens is 2. The van der Waals surface area contributed by atoms with Crippen LogP contribution in [-0.4, -0.2) is 28.4 Å². The van der Waals surface area contributed by atoms with Gasteiger partial charge in [0.1, 0.15) is 5.69 Å². The lowest BCUT2D eigenvalue weighted by atomic mass is 9.70. The first-order chi connectivity index (χ1) is 12.6. The van der Waals surface area contributed by atoms with Crippen molar-refractivity contribution in [2.24, 2.45) is 5.41 Å². The third-order valence-electron chi connectivity index (χ3n) is 5.58. The van der Waals surface area contributed by atoms with Crippen molar-refractivity contribution in [3.05, 3.63) is 54.1 Å². The van der Waals surface area contributed by atoms with Crippen LogP contribution in [0.3, 0.4) is 0 Å². The molecule has 1 heterocycles. The number of hydrogen-bond acceptors (Lipinski definition) is 4. The molecule has 1 atom stereocenters. The molecule has 2 aromatic rings. The summed E-state index contributed by atoms with van der Waals surface area (Å²) in [6, 6.07) is 10.0. The molecule has 1 aromatic heterocycles. The molecule has 1 aromatic carbocycles. The van der Waals surface area contributed by atoms with E-state index < -0.39 is 5.41 Å². The van der Waals surface area contributed by atoms with Gasteiger partial charge in [0.15, 0.2) is 5.78 Å². The molecule has 138 valence electrons. The fourth-order valence-electron chi connectivity index (χ4n) is 4.02. The van der Waals surface area contributed by atoms with Crippen LogP contribution in [-0.2, 0) is 9.53 Å². The SMILES string of the molecule is COC(=O)C1(CC(=O)c2cncn2[C@H](C)c2ccccc2)CCCCC1. The number of benzene rings is 1. The molecule has 0 bridgehead atoms. The zero-order valence-corrected chi connectivity index (χ0v) is 15.5. The van der Waals surface area contributed by atoms with Gasteiger partial charge in [-0.2, -0.15) is 0 Å². The van der Waals surface area contributed by atoms with Crippen LogP contribution in [0.15, 0.2) is 42.9 Å². The monoisotopic (exact) mass is 354 g/mol. The minimum Gasteiger partial charge on any atom is -0.469 e. The van der Waals surface area contributed by atoms with E-state index in [-0.39, 0.29) is 24.2 Å². The van der Waals surface area contributed by atoms with Crippen LogP contribution in [0.1, 0.15) is 67.5 Å². The first kappa shape index (κ1) is 18.4. The Hall–Kier alpha value is -2.43. The van der Waals surface area contributed by atoms with Crippen molar-refractivity contribution in [2.45, 2.75) is 51.5 Å². The van der Waals surface area contributed by atoms with Gasteiger partial charge in [0.2, 0.25) is 0 Å². The van der Waals surface area contributed by atoms with Gasteiger partial charge in [-0.3, -0.25) is 9.59 Å². The van der Waals surface area contributed by atoms with E-state index in [1.54, 1.807) is 12.5 Å². The predicted molar refractivity (Wildman–Crippen MR) is 99.0 cm³/mol. The summed E-state index contributed by atoms with van der Waals surface area (Å²) in [4.78, 5) is 29.7. The molecule has 3 rings (SSSR count). The molecule has 1 fully saturated rings. The van der Waals surface area contributed by atoms with Gasteiger partial charge in [-0.15, -0.1) is 0 Å². The van der Waals surface area contributed by atoms with Crippen LogP contribution in [0.5, 0.6) is 0 Å². The van der Waals surface area contributed by atoms with Crippen molar-refractivity contribution in [2.75, 3.05) is 7.11 Å². The molecule has 1 aliphatic carbocycles. The van der Waals surface area contributed by atoms with Gasteiger partial charge >= 0.3 is 5.97 Å². The van der Waals surface area contributed by atoms with Gasteiger partial charge in [-0.05, 0) is 25.3 Å². The highest BCUT2D eigenvalue weighted by Crippen LogP contribution is 2.41. The number of ketones is 1. The van der Waals surface area contributed by atoms with E-state index in [0.29, 0.717) is 18.5 Å². The lowest BCUT2D eigenvalue weighted by Crippen LogP contribution is -2.37. The highest BCUT2D eigenvalue weighted by atomic mass is 16.5. The van der Waals surface area contributed by atoms with Crippen LogP contribution >= 0.6 is 0 Å². The summed E-state index contributed by atoms with van der Waals surface area (Å²) in [6.07, 6.45) is 7.95. The highest BCUT2D eigenvalue weighted by molar-refractivity contribution is 5.97. The Morgan fingerprint density at radius 1 is 1.19 bits per heavy atom. The molecular weight excluding hydrogens is 328 g/mol. The molecule has 5 heteroatoms. The van der Waals surface area contributed by atoms with E-state index in [2.05, 4.69) is 4.98 Å². The molecule has 1 aliphatic rings. The van der Waals surface area contributed by atoms with Crippen LogP contribution < -0.4 is 0 Å². The van der Waals surface area contributed by atoms with Crippen LogP contribution in [0, 0.1) is 5.41 Å². The Bertz CT molecular complexity index is 761. The number of esters is 1. The number of methoxy groups -OCH3 is 1. The highest BCUT2D eigenvalue weighted by Gasteiger charge is 2.43. The molecule has 0 radical (unpaired) electrons. The van der Waals surface area contributed by atoms with Gasteiger partial charge in [0.05, 0.1) is 31.1 Å². The molecule has 26 heavy (non-hydrogen) atoms. The van der Waals surface area contributed by atoms with Crippen molar-refractivity contribution < 1.29 is 14.3 Å². The molecular formula is C21H26N2O3. The third-order valence-corrected chi connectivity index (χ3v) is 5.58. The number of carbonyl (C=O) groups is 2. The minimum atomic E-state index is -0.685. The minimum absolute atomic E-state index is 0.00178. The lowest BCUT2D eigenvalue weighted by Gasteiger charge is -2.34. The smallest absolute Gasteiger partial charge is 0.312 e.